The van der Waals surface area contributed by atoms with Crippen LogP contribution in [0.25, 0.3) is 11.3 Å². The zero-order chi connectivity index (χ0) is 20.2. The van der Waals surface area contributed by atoms with Crippen molar-refractivity contribution in [2.75, 3.05) is 45.3 Å². The first kappa shape index (κ1) is 19.3. The fraction of sp³-hybridized carbons (Fsp3) is 0.273. The molecule has 1 saturated heterocycles. The second kappa shape index (κ2) is 8.53. The number of benzene rings is 2. The maximum Gasteiger partial charge on any atom is 0.266 e. The maximum absolute atomic E-state index is 13.1. The molecule has 0 bridgehead atoms. The van der Waals surface area contributed by atoms with Crippen molar-refractivity contribution in [2.45, 2.75) is 0 Å². The van der Waals surface area contributed by atoms with Crippen LogP contribution in [0, 0.1) is 0 Å². The minimum Gasteiger partial charge on any atom is -0.497 e. The Morgan fingerprint density at radius 1 is 0.966 bits per heavy atom. The number of carbonyl (C=O) groups excluding carboxylic acids is 1. The standard InChI is InChI=1S/C22H23N3O3S/c1-27-18-12-17(13-19(14-18)28-2)24-8-10-25(11-9-24)22(26)21-20(23-15-29-21)16-6-4-3-5-7-16/h3-7,12-15H,8-11H2,1-2H3. The number of nitrogens with zero attached hydrogens (tertiary/aromatic N) is 3. The second-order valence-corrected chi connectivity index (χ2v) is 7.60. The number of ether oxygens (including phenoxy) is 2. The lowest BCUT2D eigenvalue weighted by Gasteiger charge is -2.36. The van der Waals surface area contributed by atoms with E-state index in [0.29, 0.717) is 18.0 Å². The summed E-state index contributed by atoms with van der Waals surface area (Å²) in [4.78, 5) is 22.4. The van der Waals surface area contributed by atoms with Gasteiger partial charge in [0.2, 0.25) is 0 Å². The van der Waals surface area contributed by atoms with Crippen molar-refractivity contribution < 1.29 is 14.3 Å². The lowest BCUT2D eigenvalue weighted by Crippen LogP contribution is -2.48. The van der Waals surface area contributed by atoms with Crippen LogP contribution in [-0.4, -0.2) is 56.2 Å². The van der Waals surface area contributed by atoms with Crippen LogP contribution in [0.5, 0.6) is 11.5 Å². The molecule has 1 aliphatic heterocycles. The third-order valence-electron chi connectivity index (χ3n) is 5.08. The molecule has 1 amide bonds. The minimum absolute atomic E-state index is 0.0502. The van der Waals surface area contributed by atoms with Crippen molar-refractivity contribution >= 4 is 22.9 Å². The molecular formula is C22H23N3O3S. The van der Waals surface area contributed by atoms with Gasteiger partial charge in [0, 0.05) is 55.6 Å². The van der Waals surface area contributed by atoms with E-state index < -0.39 is 0 Å². The molecule has 6 nitrogen and oxygen atoms in total. The summed E-state index contributed by atoms with van der Waals surface area (Å²) in [5.41, 5.74) is 4.52. The monoisotopic (exact) mass is 409 g/mol. The van der Waals surface area contributed by atoms with Crippen LogP contribution in [0.4, 0.5) is 5.69 Å². The van der Waals surface area contributed by atoms with E-state index in [1.165, 1.54) is 11.3 Å². The average molecular weight is 410 g/mol. The van der Waals surface area contributed by atoms with Gasteiger partial charge in [0.15, 0.2) is 0 Å². The molecule has 0 saturated carbocycles. The Hall–Kier alpha value is -3.06. The van der Waals surface area contributed by atoms with Crippen LogP contribution >= 0.6 is 11.3 Å². The fourth-order valence-corrected chi connectivity index (χ4v) is 4.26. The van der Waals surface area contributed by atoms with Crippen molar-refractivity contribution in [3.05, 3.63) is 58.9 Å². The molecule has 0 unspecified atom stereocenters. The SMILES string of the molecule is COc1cc(OC)cc(N2CCN(C(=O)c3scnc3-c3ccccc3)CC2)c1. The summed E-state index contributed by atoms with van der Waals surface area (Å²) < 4.78 is 10.7. The van der Waals surface area contributed by atoms with Crippen molar-refractivity contribution in [3.8, 4) is 22.8 Å². The van der Waals surface area contributed by atoms with E-state index >= 15 is 0 Å². The Labute approximate surface area is 174 Å². The van der Waals surface area contributed by atoms with Gasteiger partial charge in [-0.25, -0.2) is 4.98 Å². The number of hydrogen-bond acceptors (Lipinski definition) is 6. The molecule has 1 aromatic heterocycles. The number of rotatable bonds is 5. The van der Waals surface area contributed by atoms with Gasteiger partial charge in [0.1, 0.15) is 16.4 Å². The molecule has 2 aromatic carbocycles. The van der Waals surface area contributed by atoms with Gasteiger partial charge in [-0.3, -0.25) is 4.79 Å². The molecular weight excluding hydrogens is 386 g/mol. The highest BCUT2D eigenvalue weighted by molar-refractivity contribution is 7.12. The van der Waals surface area contributed by atoms with Gasteiger partial charge in [-0.1, -0.05) is 30.3 Å². The van der Waals surface area contributed by atoms with Crippen molar-refractivity contribution in [1.82, 2.24) is 9.88 Å². The van der Waals surface area contributed by atoms with Crippen molar-refractivity contribution in [1.29, 1.82) is 0 Å². The molecule has 150 valence electrons. The highest BCUT2D eigenvalue weighted by Gasteiger charge is 2.26. The van der Waals surface area contributed by atoms with Crippen LogP contribution in [0.15, 0.2) is 54.0 Å². The van der Waals surface area contributed by atoms with Crippen LogP contribution < -0.4 is 14.4 Å². The van der Waals surface area contributed by atoms with Crippen LogP contribution in [0.3, 0.4) is 0 Å². The highest BCUT2D eigenvalue weighted by atomic mass is 32.1. The summed E-state index contributed by atoms with van der Waals surface area (Å²) in [6.45, 7) is 2.82. The number of anilines is 1. The van der Waals surface area contributed by atoms with E-state index in [9.17, 15) is 4.79 Å². The summed E-state index contributed by atoms with van der Waals surface area (Å²) in [6, 6.07) is 15.7. The van der Waals surface area contributed by atoms with Gasteiger partial charge in [-0.2, -0.15) is 0 Å². The number of methoxy groups -OCH3 is 2. The van der Waals surface area contributed by atoms with Crippen molar-refractivity contribution in [3.63, 3.8) is 0 Å². The topological polar surface area (TPSA) is 54.9 Å². The number of thiazole rings is 1. The number of amides is 1. The Kier molecular flexibility index (Phi) is 5.67. The number of hydrogen-bond donors (Lipinski definition) is 0. The van der Waals surface area contributed by atoms with Gasteiger partial charge < -0.3 is 19.3 Å². The van der Waals surface area contributed by atoms with E-state index in [0.717, 1.165) is 41.5 Å². The lowest BCUT2D eigenvalue weighted by atomic mass is 10.1. The number of carbonyl (C=O) groups is 1. The van der Waals surface area contributed by atoms with Crippen LogP contribution in [0.2, 0.25) is 0 Å². The van der Waals surface area contributed by atoms with E-state index in [1.54, 1.807) is 19.7 Å². The van der Waals surface area contributed by atoms with Gasteiger partial charge in [0.25, 0.3) is 5.91 Å². The first-order chi connectivity index (χ1) is 14.2. The predicted molar refractivity (Wildman–Crippen MR) is 115 cm³/mol. The van der Waals surface area contributed by atoms with Crippen LogP contribution in [-0.2, 0) is 0 Å². The minimum atomic E-state index is 0.0502. The number of aromatic nitrogens is 1. The molecule has 1 aliphatic rings. The third kappa shape index (κ3) is 4.05. The molecule has 4 rings (SSSR count). The molecule has 7 heteroatoms. The molecule has 0 spiro atoms. The summed E-state index contributed by atoms with van der Waals surface area (Å²) in [6.07, 6.45) is 0. The predicted octanol–water partition coefficient (Wildman–Crippen LogP) is 3.79. The summed E-state index contributed by atoms with van der Waals surface area (Å²) in [5, 5.41) is 0. The Morgan fingerprint density at radius 3 is 2.24 bits per heavy atom. The Bertz CT molecular complexity index is 960. The Morgan fingerprint density at radius 2 is 1.62 bits per heavy atom. The van der Waals surface area contributed by atoms with Gasteiger partial charge in [-0.15, -0.1) is 11.3 Å². The van der Waals surface area contributed by atoms with E-state index in [2.05, 4.69) is 9.88 Å². The molecule has 2 heterocycles. The van der Waals surface area contributed by atoms with E-state index in [-0.39, 0.29) is 5.91 Å². The normalized spacial score (nSPS) is 14.0. The maximum atomic E-state index is 13.1. The van der Waals surface area contributed by atoms with Gasteiger partial charge in [0.05, 0.1) is 25.4 Å². The smallest absolute Gasteiger partial charge is 0.266 e. The molecule has 0 N–H and O–H groups in total. The van der Waals surface area contributed by atoms with Gasteiger partial charge >= 0.3 is 0 Å². The molecule has 29 heavy (non-hydrogen) atoms. The second-order valence-electron chi connectivity index (χ2n) is 6.75. The van der Waals surface area contributed by atoms with Gasteiger partial charge in [-0.05, 0) is 0 Å². The zero-order valence-corrected chi connectivity index (χ0v) is 17.3. The van der Waals surface area contributed by atoms with E-state index in [4.69, 9.17) is 9.47 Å². The summed E-state index contributed by atoms with van der Waals surface area (Å²) in [5.74, 6) is 1.57. The van der Waals surface area contributed by atoms with E-state index in [1.807, 2.05) is 53.4 Å². The summed E-state index contributed by atoms with van der Waals surface area (Å²) in [7, 11) is 3.29. The molecule has 0 radical (unpaired) electrons. The summed E-state index contributed by atoms with van der Waals surface area (Å²) >= 11 is 1.40. The van der Waals surface area contributed by atoms with Crippen LogP contribution in [0.1, 0.15) is 9.67 Å². The van der Waals surface area contributed by atoms with Crippen molar-refractivity contribution in [2.24, 2.45) is 0 Å². The zero-order valence-electron chi connectivity index (χ0n) is 16.5. The lowest BCUT2D eigenvalue weighted by molar-refractivity contribution is 0.0752. The third-order valence-corrected chi connectivity index (χ3v) is 5.89. The first-order valence-electron chi connectivity index (χ1n) is 9.46. The molecule has 3 aromatic rings. The molecule has 1 fully saturated rings. The molecule has 0 aliphatic carbocycles. The number of piperazine rings is 1. The average Bonchev–Trinajstić information content (AvgIpc) is 3.29. The molecule has 0 atom stereocenters. The first-order valence-corrected chi connectivity index (χ1v) is 10.3. The largest absolute Gasteiger partial charge is 0.497 e. The quantitative estimate of drug-likeness (QED) is 0.642. The Balaban J connectivity index is 1.47. The fourth-order valence-electron chi connectivity index (χ4n) is 3.49. The highest BCUT2D eigenvalue weighted by Crippen LogP contribution is 2.30.